The van der Waals surface area contributed by atoms with Crippen LogP contribution in [-0.2, 0) is 11.5 Å². The monoisotopic (exact) mass is 283 g/mol. The van der Waals surface area contributed by atoms with Crippen molar-refractivity contribution in [3.05, 3.63) is 59.9 Å². The summed E-state index contributed by atoms with van der Waals surface area (Å²) in [6, 6.07) is 16.5. The maximum Gasteiger partial charge on any atom is 0.0864 e. The van der Waals surface area contributed by atoms with Crippen molar-refractivity contribution in [3.8, 4) is 0 Å². The molecule has 0 N–H and O–H groups in total. The van der Waals surface area contributed by atoms with E-state index in [0.717, 1.165) is 6.04 Å². The van der Waals surface area contributed by atoms with E-state index in [2.05, 4.69) is 75.2 Å². The summed E-state index contributed by atoms with van der Waals surface area (Å²) in [5, 5.41) is 1.51. The lowest BCUT2D eigenvalue weighted by atomic mass is 9.87. The lowest BCUT2D eigenvalue weighted by molar-refractivity contribution is 0.590. The van der Waals surface area contributed by atoms with Gasteiger partial charge in [0.25, 0.3) is 0 Å². The van der Waals surface area contributed by atoms with Crippen molar-refractivity contribution in [2.75, 3.05) is 0 Å². The molecular weight excluding hydrogens is 258 g/mol. The fourth-order valence-corrected chi connectivity index (χ4v) is 4.87. The van der Waals surface area contributed by atoms with Crippen molar-refractivity contribution >= 4 is 13.3 Å². The Hall–Kier alpha value is -1.41. The van der Waals surface area contributed by atoms with Gasteiger partial charge in [0.2, 0.25) is 0 Å². The molecule has 0 unspecified atom stereocenters. The molecule has 0 amide bonds. The van der Waals surface area contributed by atoms with Crippen molar-refractivity contribution in [2.45, 2.75) is 45.3 Å². The highest BCUT2D eigenvalue weighted by Gasteiger charge is 2.25. The summed E-state index contributed by atoms with van der Waals surface area (Å²) in [6.45, 7) is 11.6. The second-order valence-electron chi connectivity index (χ2n) is 7.21. The molecule has 0 aliphatic heterocycles. The van der Waals surface area contributed by atoms with E-state index in [-0.39, 0.29) is 5.41 Å². The topological polar surface area (TPSA) is 12.9 Å². The number of nitrogens with zero attached hydrogens (tertiary/aromatic N) is 1. The highest BCUT2D eigenvalue weighted by molar-refractivity contribution is 6.89. The summed E-state index contributed by atoms with van der Waals surface area (Å²) in [5.74, 6) is 0. The van der Waals surface area contributed by atoms with Gasteiger partial charge in [0.1, 0.15) is 0 Å². The van der Waals surface area contributed by atoms with E-state index in [1.807, 2.05) is 12.3 Å². The SMILES string of the molecule is CC(C)(C)c1ccc([Si](C)(C)Cc2ccccn2)cc1. The summed E-state index contributed by atoms with van der Waals surface area (Å²) < 4.78 is 0. The van der Waals surface area contributed by atoms with Crippen LogP contribution >= 0.6 is 0 Å². The van der Waals surface area contributed by atoms with Crippen LogP contribution < -0.4 is 5.19 Å². The van der Waals surface area contributed by atoms with Crippen LogP contribution in [-0.4, -0.2) is 13.1 Å². The molecule has 0 fully saturated rings. The lowest BCUT2D eigenvalue weighted by Crippen LogP contribution is -2.44. The number of hydrogen-bond donors (Lipinski definition) is 0. The van der Waals surface area contributed by atoms with Crippen LogP contribution in [0.15, 0.2) is 48.7 Å². The first-order chi connectivity index (χ1) is 9.29. The Morgan fingerprint density at radius 1 is 0.950 bits per heavy atom. The minimum absolute atomic E-state index is 0.227. The molecule has 0 saturated carbocycles. The molecule has 0 saturated heterocycles. The number of aromatic nitrogens is 1. The molecule has 1 heterocycles. The fraction of sp³-hybridized carbons (Fsp3) is 0.389. The van der Waals surface area contributed by atoms with Gasteiger partial charge in [-0.25, -0.2) is 0 Å². The highest BCUT2D eigenvalue weighted by Crippen LogP contribution is 2.21. The van der Waals surface area contributed by atoms with Crippen LogP contribution in [0.3, 0.4) is 0 Å². The van der Waals surface area contributed by atoms with Gasteiger partial charge in [0.05, 0.1) is 8.07 Å². The molecule has 0 aliphatic carbocycles. The second kappa shape index (κ2) is 5.53. The number of benzene rings is 1. The molecule has 1 aromatic carbocycles. The second-order valence-corrected chi connectivity index (χ2v) is 11.9. The summed E-state index contributed by atoms with van der Waals surface area (Å²) >= 11 is 0. The van der Waals surface area contributed by atoms with Gasteiger partial charge in [0, 0.05) is 11.9 Å². The van der Waals surface area contributed by atoms with Crippen molar-refractivity contribution in [2.24, 2.45) is 0 Å². The Morgan fingerprint density at radius 3 is 2.10 bits per heavy atom. The molecule has 1 nitrogen and oxygen atoms in total. The Labute approximate surface area is 124 Å². The Kier molecular flexibility index (Phi) is 4.14. The smallest absolute Gasteiger partial charge is 0.0864 e. The van der Waals surface area contributed by atoms with Gasteiger partial charge in [0.15, 0.2) is 0 Å². The predicted molar refractivity (Wildman–Crippen MR) is 90.2 cm³/mol. The largest absolute Gasteiger partial charge is 0.262 e. The third kappa shape index (κ3) is 3.57. The minimum atomic E-state index is -1.46. The van der Waals surface area contributed by atoms with Gasteiger partial charge in [-0.3, -0.25) is 4.98 Å². The van der Waals surface area contributed by atoms with Crippen molar-refractivity contribution < 1.29 is 0 Å². The van der Waals surface area contributed by atoms with E-state index in [1.165, 1.54) is 16.4 Å². The van der Waals surface area contributed by atoms with E-state index >= 15 is 0 Å². The number of pyridine rings is 1. The van der Waals surface area contributed by atoms with Crippen molar-refractivity contribution in [1.29, 1.82) is 0 Å². The quantitative estimate of drug-likeness (QED) is 0.774. The molecule has 20 heavy (non-hydrogen) atoms. The molecular formula is C18H25NSi. The maximum absolute atomic E-state index is 4.48. The first kappa shape index (κ1) is 15.0. The zero-order valence-corrected chi connectivity index (χ0v) is 14.3. The van der Waals surface area contributed by atoms with E-state index in [0.29, 0.717) is 0 Å². The predicted octanol–water partition coefficient (Wildman–Crippen LogP) is 4.08. The number of rotatable bonds is 3. The maximum atomic E-state index is 4.48. The van der Waals surface area contributed by atoms with Crippen LogP contribution in [0.1, 0.15) is 32.0 Å². The Balaban J connectivity index is 2.21. The van der Waals surface area contributed by atoms with Gasteiger partial charge in [-0.05, 0) is 29.2 Å². The fourth-order valence-electron chi connectivity index (χ4n) is 2.48. The molecule has 0 atom stereocenters. The number of hydrogen-bond acceptors (Lipinski definition) is 1. The minimum Gasteiger partial charge on any atom is -0.262 e. The molecule has 2 aromatic rings. The van der Waals surface area contributed by atoms with E-state index < -0.39 is 8.07 Å². The summed E-state index contributed by atoms with van der Waals surface area (Å²) in [5.41, 5.74) is 2.85. The van der Waals surface area contributed by atoms with Crippen LogP contribution in [0.4, 0.5) is 0 Å². The zero-order chi connectivity index (χ0) is 14.8. The van der Waals surface area contributed by atoms with Crippen LogP contribution in [0.2, 0.25) is 13.1 Å². The third-order valence-corrected chi connectivity index (χ3v) is 7.02. The molecule has 106 valence electrons. The molecule has 0 aliphatic rings. The van der Waals surface area contributed by atoms with Gasteiger partial charge in [-0.1, -0.05) is 69.4 Å². The van der Waals surface area contributed by atoms with Crippen LogP contribution in [0.5, 0.6) is 0 Å². The zero-order valence-electron chi connectivity index (χ0n) is 13.3. The normalized spacial score (nSPS) is 12.4. The highest BCUT2D eigenvalue weighted by atomic mass is 28.3. The van der Waals surface area contributed by atoms with Gasteiger partial charge in [-0.2, -0.15) is 0 Å². The standard InChI is InChI=1S/C18H25NSi/c1-18(2,3)15-9-11-17(12-10-15)20(4,5)14-16-8-6-7-13-19-16/h6-13H,14H2,1-5H3. The van der Waals surface area contributed by atoms with Gasteiger partial charge >= 0.3 is 0 Å². The van der Waals surface area contributed by atoms with E-state index in [4.69, 9.17) is 0 Å². The lowest BCUT2D eigenvalue weighted by Gasteiger charge is -2.25. The molecule has 0 spiro atoms. The average Bonchev–Trinajstić information content (AvgIpc) is 2.38. The Morgan fingerprint density at radius 2 is 1.60 bits per heavy atom. The summed E-state index contributed by atoms with van der Waals surface area (Å²) in [7, 11) is -1.46. The van der Waals surface area contributed by atoms with Crippen LogP contribution in [0.25, 0.3) is 0 Å². The van der Waals surface area contributed by atoms with Crippen LogP contribution in [0, 0.1) is 0 Å². The first-order valence-electron chi connectivity index (χ1n) is 7.30. The average molecular weight is 283 g/mol. The summed E-state index contributed by atoms with van der Waals surface area (Å²) in [6.07, 6.45) is 1.89. The van der Waals surface area contributed by atoms with Crippen molar-refractivity contribution in [3.63, 3.8) is 0 Å². The van der Waals surface area contributed by atoms with E-state index in [1.54, 1.807) is 0 Å². The summed E-state index contributed by atoms with van der Waals surface area (Å²) in [4.78, 5) is 4.48. The van der Waals surface area contributed by atoms with Gasteiger partial charge < -0.3 is 0 Å². The molecule has 0 radical (unpaired) electrons. The molecule has 1 aromatic heterocycles. The van der Waals surface area contributed by atoms with Gasteiger partial charge in [-0.15, -0.1) is 0 Å². The van der Waals surface area contributed by atoms with E-state index in [9.17, 15) is 0 Å². The molecule has 0 bridgehead atoms. The first-order valence-corrected chi connectivity index (χ1v) is 10.5. The Bertz CT molecular complexity index is 550. The van der Waals surface area contributed by atoms with Crippen molar-refractivity contribution in [1.82, 2.24) is 4.98 Å². The molecule has 2 heteroatoms. The molecule has 2 rings (SSSR count). The third-order valence-electron chi connectivity index (χ3n) is 3.88.